The highest BCUT2D eigenvalue weighted by Gasteiger charge is 2.14. The number of nitrogens with one attached hydrogen (secondary N) is 2. The number of nitrogens with zero attached hydrogens (tertiary/aromatic N) is 1. The van der Waals surface area contributed by atoms with Gasteiger partial charge >= 0.3 is 0 Å². The first-order chi connectivity index (χ1) is 8.31. The highest BCUT2D eigenvalue weighted by Crippen LogP contribution is 2.08. The van der Waals surface area contributed by atoms with Crippen molar-refractivity contribution in [3.05, 3.63) is 27.4 Å². The first-order valence-electron chi connectivity index (χ1n) is 6.14. The molecule has 94 valence electrons. The number of aryl methyl sites for hydroxylation is 1. The number of hydrogen-bond acceptors (Lipinski definition) is 4. The molecule has 2 N–H and O–H groups in total. The largest absolute Gasteiger partial charge is 0.381 e. The monoisotopic (exact) mass is 237 g/mol. The highest BCUT2D eigenvalue weighted by molar-refractivity contribution is 5.19. The second-order valence-corrected chi connectivity index (χ2v) is 4.26. The average molecular weight is 237 g/mol. The molecule has 0 aliphatic carbocycles. The molecule has 1 aliphatic heterocycles. The molecule has 1 aromatic heterocycles. The van der Waals surface area contributed by atoms with Gasteiger partial charge in [-0.25, -0.2) is 4.98 Å². The van der Waals surface area contributed by atoms with Crippen molar-refractivity contribution in [1.29, 1.82) is 0 Å². The van der Waals surface area contributed by atoms with E-state index in [1.165, 1.54) is 0 Å². The zero-order chi connectivity index (χ0) is 12.1. The van der Waals surface area contributed by atoms with Crippen LogP contribution in [-0.2, 0) is 24.0 Å². The van der Waals surface area contributed by atoms with E-state index in [0.717, 1.165) is 42.9 Å². The Balaban J connectivity index is 2.17. The van der Waals surface area contributed by atoms with Crippen LogP contribution < -0.4 is 10.9 Å². The minimum absolute atomic E-state index is 0.0138. The number of H-pyrrole nitrogens is 1. The topological polar surface area (TPSA) is 67.0 Å². The van der Waals surface area contributed by atoms with Gasteiger partial charge in [-0.1, -0.05) is 0 Å². The van der Waals surface area contributed by atoms with Gasteiger partial charge in [-0.15, -0.1) is 0 Å². The minimum Gasteiger partial charge on any atom is -0.381 e. The third-order valence-corrected chi connectivity index (χ3v) is 2.97. The summed E-state index contributed by atoms with van der Waals surface area (Å²) in [4.78, 5) is 19.3. The molecule has 0 atom stereocenters. The summed E-state index contributed by atoms with van der Waals surface area (Å²) in [7, 11) is 1.92. The molecule has 0 radical (unpaired) electrons. The van der Waals surface area contributed by atoms with Crippen molar-refractivity contribution in [3.8, 4) is 0 Å². The molecule has 0 unspecified atom stereocenters. The summed E-state index contributed by atoms with van der Waals surface area (Å²) in [5, 5.41) is 3.09. The molecular formula is C12H19N3O2. The van der Waals surface area contributed by atoms with Crippen molar-refractivity contribution in [2.45, 2.75) is 25.7 Å². The van der Waals surface area contributed by atoms with Crippen molar-refractivity contribution in [2.75, 3.05) is 26.8 Å². The Morgan fingerprint density at radius 2 is 2.24 bits per heavy atom. The highest BCUT2D eigenvalue weighted by atomic mass is 16.5. The van der Waals surface area contributed by atoms with Gasteiger partial charge in [0.2, 0.25) is 0 Å². The first kappa shape index (κ1) is 12.3. The smallest absolute Gasteiger partial charge is 0.254 e. The predicted molar refractivity (Wildman–Crippen MR) is 65.3 cm³/mol. The number of aromatic nitrogens is 2. The predicted octanol–water partition coefficient (Wildman–Crippen LogP) is 0.0371. The van der Waals surface area contributed by atoms with Crippen LogP contribution in [0, 0.1) is 0 Å². The summed E-state index contributed by atoms with van der Waals surface area (Å²) in [6.07, 6.45) is 3.21. The maximum absolute atomic E-state index is 11.9. The van der Waals surface area contributed by atoms with Crippen LogP contribution in [0.2, 0.25) is 0 Å². The summed E-state index contributed by atoms with van der Waals surface area (Å²) < 4.78 is 5.37. The quantitative estimate of drug-likeness (QED) is 0.725. The van der Waals surface area contributed by atoms with E-state index in [0.29, 0.717) is 19.6 Å². The fourth-order valence-electron chi connectivity index (χ4n) is 2.06. The summed E-state index contributed by atoms with van der Waals surface area (Å²) in [5.41, 5.74) is 1.74. The average Bonchev–Trinajstić information content (AvgIpc) is 2.55. The molecule has 0 aromatic carbocycles. The maximum Gasteiger partial charge on any atom is 0.254 e. The SMILES string of the molecule is CNCCCc1nc2c(c(=O)[nH]1)CCOCC2. The lowest BCUT2D eigenvalue weighted by Gasteiger charge is -2.06. The fourth-order valence-corrected chi connectivity index (χ4v) is 2.06. The molecule has 0 amide bonds. The first-order valence-corrected chi connectivity index (χ1v) is 6.14. The van der Waals surface area contributed by atoms with Crippen LogP contribution in [0.3, 0.4) is 0 Å². The molecule has 17 heavy (non-hydrogen) atoms. The van der Waals surface area contributed by atoms with Crippen LogP contribution >= 0.6 is 0 Å². The van der Waals surface area contributed by atoms with Crippen LogP contribution in [0.4, 0.5) is 0 Å². The summed E-state index contributed by atoms with van der Waals surface area (Å²) >= 11 is 0. The van der Waals surface area contributed by atoms with Crippen LogP contribution in [-0.4, -0.2) is 36.8 Å². The number of fused-ring (bicyclic) bond motifs is 1. The third-order valence-electron chi connectivity index (χ3n) is 2.97. The van der Waals surface area contributed by atoms with Gasteiger partial charge in [0.25, 0.3) is 5.56 Å². The van der Waals surface area contributed by atoms with Gasteiger partial charge in [-0.2, -0.15) is 0 Å². The van der Waals surface area contributed by atoms with Crippen molar-refractivity contribution < 1.29 is 4.74 Å². The van der Waals surface area contributed by atoms with Crippen molar-refractivity contribution in [2.24, 2.45) is 0 Å². The van der Waals surface area contributed by atoms with Crippen LogP contribution in [0.5, 0.6) is 0 Å². The Labute approximate surface area is 101 Å². The minimum atomic E-state index is 0.0138. The standard InChI is InChI=1S/C12H19N3O2/c1-13-6-2-3-11-14-10-5-8-17-7-4-9(10)12(16)15-11/h13H,2-8H2,1H3,(H,14,15,16). The van der Waals surface area contributed by atoms with Gasteiger partial charge < -0.3 is 15.0 Å². The van der Waals surface area contributed by atoms with E-state index in [-0.39, 0.29) is 5.56 Å². The Kier molecular flexibility index (Phi) is 4.28. The summed E-state index contributed by atoms with van der Waals surface area (Å²) in [6.45, 7) is 2.22. The molecule has 0 saturated carbocycles. The van der Waals surface area contributed by atoms with Crippen molar-refractivity contribution in [1.82, 2.24) is 15.3 Å². The second-order valence-electron chi connectivity index (χ2n) is 4.26. The van der Waals surface area contributed by atoms with E-state index in [1.807, 2.05) is 7.05 Å². The van der Waals surface area contributed by atoms with Crippen molar-refractivity contribution in [3.63, 3.8) is 0 Å². The normalized spacial score (nSPS) is 15.4. The molecule has 0 spiro atoms. The van der Waals surface area contributed by atoms with Crippen LogP contribution in [0.15, 0.2) is 4.79 Å². The van der Waals surface area contributed by atoms with E-state index < -0.39 is 0 Å². The molecule has 5 heteroatoms. The number of aromatic amines is 1. The number of rotatable bonds is 4. The number of hydrogen-bond donors (Lipinski definition) is 2. The third kappa shape index (κ3) is 3.14. The molecule has 0 fully saturated rings. The van der Waals surface area contributed by atoms with Gasteiger partial charge in [0.05, 0.1) is 18.9 Å². The summed E-state index contributed by atoms with van der Waals surface area (Å²) in [6, 6.07) is 0. The van der Waals surface area contributed by atoms with Crippen molar-refractivity contribution >= 4 is 0 Å². The van der Waals surface area contributed by atoms with Gasteiger partial charge in [0.1, 0.15) is 5.82 Å². The second kappa shape index (κ2) is 5.93. The molecule has 0 saturated heterocycles. The van der Waals surface area contributed by atoms with Crippen LogP contribution in [0.1, 0.15) is 23.5 Å². The van der Waals surface area contributed by atoms with Gasteiger partial charge in [0, 0.05) is 24.8 Å². The molecule has 0 bridgehead atoms. The molecular weight excluding hydrogens is 218 g/mol. The lowest BCUT2D eigenvalue weighted by Crippen LogP contribution is -2.21. The fraction of sp³-hybridized carbons (Fsp3) is 0.667. The molecule has 2 rings (SSSR count). The van der Waals surface area contributed by atoms with E-state index in [1.54, 1.807) is 0 Å². The zero-order valence-electron chi connectivity index (χ0n) is 10.2. The lowest BCUT2D eigenvalue weighted by molar-refractivity contribution is 0.146. The van der Waals surface area contributed by atoms with Gasteiger partial charge in [0.15, 0.2) is 0 Å². The van der Waals surface area contributed by atoms with E-state index in [4.69, 9.17) is 4.74 Å². The van der Waals surface area contributed by atoms with Crippen LogP contribution in [0.25, 0.3) is 0 Å². The molecule has 2 heterocycles. The van der Waals surface area contributed by atoms with Gasteiger partial charge in [-0.05, 0) is 20.0 Å². The Morgan fingerprint density at radius 3 is 3.06 bits per heavy atom. The number of ether oxygens (including phenoxy) is 1. The lowest BCUT2D eigenvalue weighted by atomic mass is 10.1. The maximum atomic E-state index is 11.9. The van der Waals surface area contributed by atoms with E-state index in [2.05, 4.69) is 15.3 Å². The Hall–Kier alpha value is -1.20. The Morgan fingerprint density at radius 1 is 1.41 bits per heavy atom. The molecule has 5 nitrogen and oxygen atoms in total. The van der Waals surface area contributed by atoms with E-state index in [9.17, 15) is 4.79 Å². The Bertz CT molecular complexity index is 428. The molecule has 1 aromatic rings. The zero-order valence-corrected chi connectivity index (χ0v) is 10.2. The van der Waals surface area contributed by atoms with E-state index >= 15 is 0 Å². The molecule has 1 aliphatic rings. The summed E-state index contributed by atoms with van der Waals surface area (Å²) in [5.74, 6) is 0.797. The van der Waals surface area contributed by atoms with Gasteiger partial charge in [-0.3, -0.25) is 4.79 Å².